The first-order chi connectivity index (χ1) is 15.0. The van der Waals surface area contributed by atoms with Crippen molar-refractivity contribution in [1.82, 2.24) is 25.2 Å². The van der Waals surface area contributed by atoms with E-state index in [1.807, 2.05) is 68.6 Å². The minimum absolute atomic E-state index is 0.111. The van der Waals surface area contributed by atoms with Gasteiger partial charge < -0.3 is 14.6 Å². The smallest absolute Gasteiger partial charge is 0.316 e. The number of carbonyl (C=O) groups excluding carboxylic acids is 1. The van der Waals surface area contributed by atoms with Gasteiger partial charge in [-0.2, -0.15) is 10.1 Å². The maximum absolute atomic E-state index is 12.5. The molecule has 0 saturated heterocycles. The second-order valence-electron chi connectivity index (χ2n) is 6.70. The zero-order valence-corrected chi connectivity index (χ0v) is 18.6. The van der Waals surface area contributed by atoms with Crippen LogP contribution in [0.1, 0.15) is 28.9 Å². The zero-order valence-electron chi connectivity index (χ0n) is 17.0. The van der Waals surface area contributed by atoms with Crippen LogP contribution in [0, 0.1) is 6.92 Å². The third-order valence-corrected chi connectivity index (χ3v) is 5.09. The molecule has 0 aliphatic rings. The van der Waals surface area contributed by atoms with Crippen LogP contribution in [-0.2, 0) is 6.54 Å². The first-order valence-corrected chi connectivity index (χ1v) is 10.5. The Balaban J connectivity index is 1.48. The fraction of sp³-hybridized carbons (Fsp3) is 0.182. The number of aryl methyl sites for hydroxylation is 1. The number of rotatable bonds is 7. The summed E-state index contributed by atoms with van der Waals surface area (Å²) in [5.74, 6) is 0.468. The van der Waals surface area contributed by atoms with E-state index in [0.29, 0.717) is 18.0 Å². The molecule has 158 valence electrons. The summed E-state index contributed by atoms with van der Waals surface area (Å²) in [6.07, 6.45) is 1.81. The van der Waals surface area contributed by atoms with Gasteiger partial charge in [0.25, 0.3) is 0 Å². The number of carbonyl (C=O) groups is 1. The number of hydrogen-bond acceptors (Lipinski definition) is 6. The van der Waals surface area contributed by atoms with E-state index in [0.717, 1.165) is 27.2 Å². The minimum Gasteiger partial charge on any atom is -0.494 e. The standard InChI is InChI=1S/C22H20BrN5O3/c1-3-30-19-7-5-4-6-15(19)12-24-21(29)22-25-20(27-31-22)18-13-28(26-14(18)2)17-10-8-16(23)9-11-17/h4-11,13H,3,12H2,1-2H3,(H,24,29). The fourth-order valence-corrected chi connectivity index (χ4v) is 3.29. The molecule has 0 saturated carbocycles. The normalized spacial score (nSPS) is 10.8. The van der Waals surface area contributed by atoms with Crippen molar-refractivity contribution < 1.29 is 14.1 Å². The Morgan fingerprint density at radius 2 is 1.97 bits per heavy atom. The van der Waals surface area contributed by atoms with Gasteiger partial charge in [0.1, 0.15) is 5.75 Å². The Labute approximate surface area is 187 Å². The van der Waals surface area contributed by atoms with E-state index < -0.39 is 5.91 Å². The Kier molecular flexibility index (Phi) is 6.13. The summed E-state index contributed by atoms with van der Waals surface area (Å²) in [7, 11) is 0. The summed E-state index contributed by atoms with van der Waals surface area (Å²) in [4.78, 5) is 16.8. The number of nitrogens with one attached hydrogen (secondary N) is 1. The average molecular weight is 482 g/mol. The van der Waals surface area contributed by atoms with Gasteiger partial charge in [-0.25, -0.2) is 4.68 Å². The lowest BCUT2D eigenvalue weighted by Crippen LogP contribution is -2.23. The highest BCUT2D eigenvalue weighted by Gasteiger charge is 2.19. The molecule has 1 N–H and O–H groups in total. The Bertz CT molecular complexity index is 1200. The van der Waals surface area contributed by atoms with Crippen LogP contribution in [0.25, 0.3) is 17.1 Å². The third kappa shape index (κ3) is 4.66. The van der Waals surface area contributed by atoms with Gasteiger partial charge in [-0.3, -0.25) is 4.79 Å². The summed E-state index contributed by atoms with van der Waals surface area (Å²) < 4.78 is 13.5. The van der Waals surface area contributed by atoms with Gasteiger partial charge in [0.15, 0.2) is 0 Å². The molecule has 4 rings (SSSR count). The van der Waals surface area contributed by atoms with Crippen molar-refractivity contribution in [1.29, 1.82) is 0 Å². The van der Waals surface area contributed by atoms with Crippen LogP contribution in [0.15, 0.2) is 63.7 Å². The molecule has 0 fully saturated rings. The number of hydrogen-bond donors (Lipinski definition) is 1. The molecule has 0 radical (unpaired) electrons. The van der Waals surface area contributed by atoms with Crippen molar-refractivity contribution in [2.24, 2.45) is 0 Å². The molecule has 2 aromatic heterocycles. The number of amides is 1. The number of aromatic nitrogens is 4. The van der Waals surface area contributed by atoms with Gasteiger partial charge in [0, 0.05) is 22.8 Å². The number of ether oxygens (including phenoxy) is 1. The molecule has 2 aromatic carbocycles. The van der Waals surface area contributed by atoms with E-state index in [4.69, 9.17) is 9.26 Å². The molecule has 0 unspecified atom stereocenters. The van der Waals surface area contributed by atoms with Gasteiger partial charge in [0.2, 0.25) is 5.82 Å². The van der Waals surface area contributed by atoms with Crippen molar-refractivity contribution >= 4 is 21.8 Å². The highest BCUT2D eigenvalue weighted by molar-refractivity contribution is 9.10. The lowest BCUT2D eigenvalue weighted by Gasteiger charge is -2.09. The Morgan fingerprint density at radius 3 is 2.74 bits per heavy atom. The van der Waals surface area contributed by atoms with Crippen LogP contribution >= 0.6 is 15.9 Å². The minimum atomic E-state index is -0.456. The third-order valence-electron chi connectivity index (χ3n) is 4.56. The number of halogens is 1. The number of nitrogens with zero attached hydrogens (tertiary/aromatic N) is 4. The summed E-state index contributed by atoms with van der Waals surface area (Å²) >= 11 is 3.42. The predicted octanol–water partition coefficient (Wildman–Crippen LogP) is 4.32. The average Bonchev–Trinajstić information content (AvgIpc) is 3.40. The van der Waals surface area contributed by atoms with Crippen LogP contribution < -0.4 is 10.1 Å². The van der Waals surface area contributed by atoms with Crippen molar-refractivity contribution in [3.05, 3.63) is 76.3 Å². The largest absolute Gasteiger partial charge is 0.494 e. The first kappa shape index (κ1) is 20.8. The lowest BCUT2D eigenvalue weighted by molar-refractivity contribution is 0.0906. The molecule has 0 spiro atoms. The molecule has 1 amide bonds. The Morgan fingerprint density at radius 1 is 1.19 bits per heavy atom. The highest BCUT2D eigenvalue weighted by atomic mass is 79.9. The monoisotopic (exact) mass is 481 g/mol. The van der Waals surface area contributed by atoms with Crippen LogP contribution in [0.2, 0.25) is 0 Å². The number of para-hydroxylation sites is 1. The SMILES string of the molecule is CCOc1ccccc1CNC(=O)c1nc(-c2cn(-c3ccc(Br)cc3)nc2C)no1. The quantitative estimate of drug-likeness (QED) is 0.422. The van der Waals surface area contributed by atoms with Crippen LogP contribution in [0.4, 0.5) is 0 Å². The molecule has 0 bridgehead atoms. The van der Waals surface area contributed by atoms with Gasteiger partial charge in [-0.1, -0.05) is 39.3 Å². The van der Waals surface area contributed by atoms with Crippen LogP contribution in [0.3, 0.4) is 0 Å². The molecule has 4 aromatic rings. The summed E-state index contributed by atoms with van der Waals surface area (Å²) in [6.45, 7) is 4.60. The first-order valence-electron chi connectivity index (χ1n) is 9.70. The van der Waals surface area contributed by atoms with Crippen molar-refractivity contribution in [3.63, 3.8) is 0 Å². The predicted molar refractivity (Wildman–Crippen MR) is 118 cm³/mol. The summed E-state index contributed by atoms with van der Waals surface area (Å²) in [5.41, 5.74) is 3.17. The van der Waals surface area contributed by atoms with Gasteiger partial charge >= 0.3 is 11.8 Å². The molecule has 0 aliphatic heterocycles. The summed E-state index contributed by atoms with van der Waals surface area (Å²) in [6, 6.07) is 15.3. The zero-order chi connectivity index (χ0) is 21.8. The van der Waals surface area contributed by atoms with E-state index in [1.165, 1.54) is 0 Å². The summed E-state index contributed by atoms with van der Waals surface area (Å²) in [5, 5.41) is 11.3. The van der Waals surface area contributed by atoms with E-state index in [1.54, 1.807) is 4.68 Å². The fourth-order valence-electron chi connectivity index (χ4n) is 3.03. The van der Waals surface area contributed by atoms with Crippen molar-refractivity contribution in [2.45, 2.75) is 20.4 Å². The molecule has 8 nitrogen and oxygen atoms in total. The molecule has 0 aliphatic carbocycles. The van der Waals surface area contributed by atoms with Gasteiger partial charge in [-0.15, -0.1) is 0 Å². The van der Waals surface area contributed by atoms with E-state index in [9.17, 15) is 4.79 Å². The van der Waals surface area contributed by atoms with E-state index in [-0.39, 0.29) is 12.4 Å². The van der Waals surface area contributed by atoms with Crippen molar-refractivity contribution in [3.8, 4) is 22.8 Å². The molecule has 9 heteroatoms. The second kappa shape index (κ2) is 9.13. The molecule has 2 heterocycles. The van der Waals surface area contributed by atoms with E-state index >= 15 is 0 Å². The molecule has 31 heavy (non-hydrogen) atoms. The molecular formula is C22H20BrN5O3. The van der Waals surface area contributed by atoms with Crippen LogP contribution in [-0.4, -0.2) is 32.4 Å². The molecular weight excluding hydrogens is 462 g/mol. The topological polar surface area (TPSA) is 95.1 Å². The maximum Gasteiger partial charge on any atom is 0.316 e. The van der Waals surface area contributed by atoms with Gasteiger partial charge in [-0.05, 0) is 44.2 Å². The highest BCUT2D eigenvalue weighted by Crippen LogP contribution is 2.23. The van der Waals surface area contributed by atoms with Crippen LogP contribution in [0.5, 0.6) is 5.75 Å². The maximum atomic E-state index is 12.5. The van der Waals surface area contributed by atoms with Gasteiger partial charge in [0.05, 0.1) is 23.6 Å². The number of benzene rings is 2. The van der Waals surface area contributed by atoms with E-state index in [2.05, 4.69) is 36.5 Å². The molecule has 0 atom stereocenters. The lowest BCUT2D eigenvalue weighted by atomic mass is 10.2. The second-order valence-corrected chi connectivity index (χ2v) is 7.61. The Hall–Kier alpha value is -3.46. The van der Waals surface area contributed by atoms with Crippen molar-refractivity contribution in [2.75, 3.05) is 6.61 Å².